The van der Waals surface area contributed by atoms with Crippen molar-refractivity contribution in [1.82, 2.24) is 4.90 Å². The van der Waals surface area contributed by atoms with E-state index in [0.29, 0.717) is 22.0 Å². The van der Waals surface area contributed by atoms with Crippen LogP contribution in [0.3, 0.4) is 0 Å². The molecule has 112 valence electrons. The average Bonchev–Trinajstić information content (AvgIpc) is 2.43. The van der Waals surface area contributed by atoms with Gasteiger partial charge in [0.15, 0.2) is 0 Å². The van der Waals surface area contributed by atoms with Crippen molar-refractivity contribution in [3.63, 3.8) is 0 Å². The number of nitrogens with zero attached hydrogens (tertiary/aromatic N) is 1. The van der Waals surface area contributed by atoms with E-state index in [1.807, 2.05) is 18.2 Å². The molecular weight excluding hydrogens is 291 g/mol. The van der Waals surface area contributed by atoms with Gasteiger partial charge >= 0.3 is 0 Å². The Morgan fingerprint density at radius 3 is 2.85 bits per heavy atom. The van der Waals surface area contributed by atoms with Gasteiger partial charge in [0.2, 0.25) is 0 Å². The summed E-state index contributed by atoms with van der Waals surface area (Å²) < 4.78 is 0. The van der Waals surface area contributed by atoms with Gasteiger partial charge < -0.3 is 10.2 Å². The fraction of sp³-hybridized carbons (Fsp3) is 0.625. The lowest BCUT2D eigenvalue weighted by molar-refractivity contribution is 0.165. The third kappa shape index (κ3) is 4.28. The molecule has 0 bridgehead atoms. The summed E-state index contributed by atoms with van der Waals surface area (Å²) in [6.07, 6.45) is 3.84. The van der Waals surface area contributed by atoms with Crippen LogP contribution >= 0.6 is 23.2 Å². The van der Waals surface area contributed by atoms with Crippen molar-refractivity contribution < 1.29 is 0 Å². The summed E-state index contributed by atoms with van der Waals surface area (Å²) in [5, 5.41) is 4.79. The number of hydrogen-bond acceptors (Lipinski definition) is 2. The lowest BCUT2D eigenvalue weighted by atomic mass is 9.91. The fourth-order valence-corrected chi connectivity index (χ4v) is 3.28. The third-order valence-electron chi connectivity index (χ3n) is 4.10. The van der Waals surface area contributed by atoms with Gasteiger partial charge in [-0.1, -0.05) is 30.1 Å². The first-order valence-electron chi connectivity index (χ1n) is 7.54. The van der Waals surface area contributed by atoms with Gasteiger partial charge in [0.1, 0.15) is 0 Å². The Kier molecular flexibility index (Phi) is 6.01. The van der Waals surface area contributed by atoms with Gasteiger partial charge in [-0.15, -0.1) is 0 Å². The minimum atomic E-state index is 0.451. The van der Waals surface area contributed by atoms with Crippen LogP contribution in [0.5, 0.6) is 0 Å². The lowest BCUT2D eigenvalue weighted by Crippen LogP contribution is -2.42. The molecule has 1 heterocycles. The summed E-state index contributed by atoms with van der Waals surface area (Å²) in [7, 11) is 0. The van der Waals surface area contributed by atoms with Crippen molar-refractivity contribution in [2.45, 2.75) is 39.2 Å². The molecule has 2 nitrogen and oxygen atoms in total. The molecule has 2 unspecified atom stereocenters. The van der Waals surface area contributed by atoms with Gasteiger partial charge in [0.05, 0.1) is 10.0 Å². The minimum absolute atomic E-state index is 0.451. The highest BCUT2D eigenvalue weighted by atomic mass is 35.5. The number of anilines is 1. The van der Waals surface area contributed by atoms with Crippen molar-refractivity contribution >= 4 is 28.9 Å². The predicted molar refractivity (Wildman–Crippen MR) is 89.0 cm³/mol. The number of piperidine rings is 1. The van der Waals surface area contributed by atoms with Crippen LogP contribution < -0.4 is 5.32 Å². The molecule has 0 amide bonds. The largest absolute Gasteiger partial charge is 0.382 e. The first-order valence-corrected chi connectivity index (χ1v) is 8.29. The first kappa shape index (κ1) is 15.9. The van der Waals surface area contributed by atoms with Crippen LogP contribution in [-0.4, -0.2) is 30.6 Å². The molecule has 0 saturated carbocycles. The summed E-state index contributed by atoms with van der Waals surface area (Å²) in [4.78, 5) is 2.58. The average molecular weight is 315 g/mol. The Hall–Kier alpha value is -0.440. The number of likely N-dealkylation sites (tertiary alicyclic amines) is 1. The second-order valence-corrected chi connectivity index (χ2v) is 6.58. The zero-order chi connectivity index (χ0) is 14.5. The molecule has 4 heteroatoms. The quantitative estimate of drug-likeness (QED) is 0.830. The molecule has 0 aromatic heterocycles. The highest BCUT2D eigenvalue weighted by molar-refractivity contribution is 6.42. The molecular formula is C16H24Cl2N2. The number of hydrogen-bond donors (Lipinski definition) is 1. The van der Waals surface area contributed by atoms with Gasteiger partial charge in [-0.05, 0) is 63.4 Å². The zero-order valence-electron chi connectivity index (χ0n) is 12.3. The summed E-state index contributed by atoms with van der Waals surface area (Å²) in [5.74, 6) is 0.699. The molecule has 0 radical (unpaired) electrons. The standard InChI is InChI=1S/C16H24Cl2N2/c1-3-8-20-9-4-5-13(11-20)12(2)19-14-6-7-15(17)16(18)10-14/h6-7,10,12-13,19H,3-5,8-9,11H2,1-2H3. The maximum atomic E-state index is 6.07. The molecule has 0 spiro atoms. The van der Waals surface area contributed by atoms with E-state index in [1.165, 1.54) is 38.9 Å². The Morgan fingerprint density at radius 2 is 2.15 bits per heavy atom. The fourth-order valence-electron chi connectivity index (χ4n) is 2.99. The van der Waals surface area contributed by atoms with Gasteiger partial charge in [0.25, 0.3) is 0 Å². The van der Waals surface area contributed by atoms with Gasteiger partial charge in [-0.2, -0.15) is 0 Å². The van der Waals surface area contributed by atoms with Crippen molar-refractivity contribution in [3.05, 3.63) is 28.2 Å². The van der Waals surface area contributed by atoms with E-state index in [4.69, 9.17) is 23.2 Å². The highest BCUT2D eigenvalue weighted by Gasteiger charge is 2.24. The summed E-state index contributed by atoms with van der Waals surface area (Å²) in [6, 6.07) is 6.21. The Bertz CT molecular complexity index is 434. The summed E-state index contributed by atoms with van der Waals surface area (Å²) in [6.45, 7) is 8.19. The second-order valence-electron chi connectivity index (χ2n) is 5.76. The van der Waals surface area contributed by atoms with Crippen molar-refractivity contribution in [2.24, 2.45) is 5.92 Å². The molecule has 1 N–H and O–H groups in total. The third-order valence-corrected chi connectivity index (χ3v) is 4.84. The van der Waals surface area contributed by atoms with Crippen LogP contribution in [0.2, 0.25) is 10.0 Å². The number of nitrogens with one attached hydrogen (secondary N) is 1. The van der Waals surface area contributed by atoms with Gasteiger partial charge in [-0.25, -0.2) is 0 Å². The normalized spacial score (nSPS) is 21.7. The second kappa shape index (κ2) is 7.53. The molecule has 1 aromatic rings. The van der Waals surface area contributed by atoms with Crippen molar-refractivity contribution in [3.8, 4) is 0 Å². The van der Waals surface area contributed by atoms with Crippen molar-refractivity contribution in [2.75, 3.05) is 25.0 Å². The van der Waals surface area contributed by atoms with E-state index in [-0.39, 0.29) is 0 Å². The van der Waals surface area contributed by atoms with E-state index in [9.17, 15) is 0 Å². The zero-order valence-corrected chi connectivity index (χ0v) is 13.8. The highest BCUT2D eigenvalue weighted by Crippen LogP contribution is 2.27. The van der Waals surface area contributed by atoms with E-state index in [0.717, 1.165) is 5.69 Å². The Morgan fingerprint density at radius 1 is 1.35 bits per heavy atom. The Balaban J connectivity index is 1.93. The van der Waals surface area contributed by atoms with E-state index < -0.39 is 0 Å². The van der Waals surface area contributed by atoms with E-state index in [2.05, 4.69) is 24.1 Å². The molecule has 1 saturated heterocycles. The molecule has 2 rings (SSSR count). The lowest BCUT2D eigenvalue weighted by Gasteiger charge is -2.36. The van der Waals surface area contributed by atoms with Gasteiger partial charge in [0, 0.05) is 18.3 Å². The topological polar surface area (TPSA) is 15.3 Å². The maximum Gasteiger partial charge on any atom is 0.0612 e. The van der Waals surface area contributed by atoms with Crippen LogP contribution in [0.1, 0.15) is 33.1 Å². The SMILES string of the molecule is CCCN1CCCC(C(C)Nc2ccc(Cl)c(Cl)c2)C1. The summed E-state index contributed by atoms with van der Waals surface area (Å²) in [5.41, 5.74) is 1.06. The molecule has 1 aromatic carbocycles. The molecule has 1 aliphatic rings. The van der Waals surface area contributed by atoms with Crippen LogP contribution in [0.4, 0.5) is 5.69 Å². The number of rotatable bonds is 5. The van der Waals surface area contributed by atoms with Crippen LogP contribution in [-0.2, 0) is 0 Å². The number of halogens is 2. The molecule has 0 aliphatic carbocycles. The molecule has 1 aliphatic heterocycles. The van der Waals surface area contributed by atoms with E-state index in [1.54, 1.807) is 0 Å². The van der Waals surface area contributed by atoms with Crippen LogP contribution in [0, 0.1) is 5.92 Å². The molecule has 2 atom stereocenters. The Labute approximate surface area is 132 Å². The molecule has 1 fully saturated rings. The van der Waals surface area contributed by atoms with Gasteiger partial charge in [-0.3, -0.25) is 0 Å². The maximum absolute atomic E-state index is 6.07. The smallest absolute Gasteiger partial charge is 0.0612 e. The van der Waals surface area contributed by atoms with Crippen LogP contribution in [0.15, 0.2) is 18.2 Å². The van der Waals surface area contributed by atoms with Crippen LogP contribution in [0.25, 0.3) is 0 Å². The first-order chi connectivity index (χ1) is 9.60. The predicted octanol–water partition coefficient (Wildman–Crippen LogP) is 4.92. The van der Waals surface area contributed by atoms with Crippen molar-refractivity contribution in [1.29, 1.82) is 0 Å². The molecule has 20 heavy (non-hydrogen) atoms. The summed E-state index contributed by atoms with van der Waals surface area (Å²) >= 11 is 12.0. The minimum Gasteiger partial charge on any atom is -0.382 e. The number of benzene rings is 1. The monoisotopic (exact) mass is 314 g/mol. The van der Waals surface area contributed by atoms with E-state index >= 15 is 0 Å².